The molecule has 0 radical (unpaired) electrons. The number of benzene rings is 4. The second-order valence-corrected chi connectivity index (χ2v) is 13.4. The summed E-state index contributed by atoms with van der Waals surface area (Å²) in [6.45, 7) is 2.52. The number of ketones is 1. The molecule has 1 amide bonds. The van der Waals surface area contributed by atoms with Crippen LogP contribution in [0.5, 0.6) is 11.5 Å². The third-order valence-corrected chi connectivity index (χ3v) is 9.89. The molecule has 12 heteroatoms. The molecule has 6 rings (SSSR count). The quantitative estimate of drug-likeness (QED) is 0.0479. The summed E-state index contributed by atoms with van der Waals surface area (Å²) in [5, 5.41) is 21.4. The van der Waals surface area contributed by atoms with Crippen molar-refractivity contribution >= 4 is 68.9 Å². The molecule has 5 aromatic rings. The largest absolute Gasteiger partial charge is 0.507 e. The van der Waals surface area contributed by atoms with E-state index in [1.54, 1.807) is 42.5 Å². The lowest BCUT2D eigenvalue weighted by Gasteiger charge is -2.23. The summed E-state index contributed by atoms with van der Waals surface area (Å²) in [5.74, 6) is -0.502. The molecule has 2 heterocycles. The van der Waals surface area contributed by atoms with Crippen molar-refractivity contribution < 1.29 is 24.2 Å². The van der Waals surface area contributed by atoms with Gasteiger partial charge in [0.05, 0.1) is 18.2 Å². The molecule has 0 bridgehead atoms. The molecule has 1 aliphatic heterocycles. The van der Waals surface area contributed by atoms with Gasteiger partial charge in [0.2, 0.25) is 5.13 Å². The zero-order valence-corrected chi connectivity index (χ0v) is 28.1. The molecule has 1 fully saturated rings. The number of carbonyl (C=O) groups excluding carboxylic acids is 2. The van der Waals surface area contributed by atoms with Gasteiger partial charge in [-0.05, 0) is 72.1 Å². The maximum Gasteiger partial charge on any atom is 0.301 e. The van der Waals surface area contributed by atoms with E-state index in [0.717, 1.165) is 11.1 Å². The maximum atomic E-state index is 13.7. The number of rotatable bonds is 11. The molecule has 1 unspecified atom stereocenters. The molecule has 4 aromatic carbocycles. The molecule has 238 valence electrons. The Bertz CT molecular complexity index is 1930. The van der Waals surface area contributed by atoms with Crippen LogP contribution in [-0.4, -0.2) is 33.6 Å². The van der Waals surface area contributed by atoms with E-state index in [2.05, 4.69) is 10.2 Å². The van der Waals surface area contributed by atoms with Crippen molar-refractivity contribution in [3.05, 3.63) is 135 Å². The lowest BCUT2D eigenvalue weighted by atomic mass is 9.95. The third kappa shape index (κ3) is 7.31. The lowest BCUT2D eigenvalue weighted by molar-refractivity contribution is -0.132. The fourth-order valence-corrected chi connectivity index (χ4v) is 7.09. The zero-order chi connectivity index (χ0) is 32.9. The molecule has 1 aliphatic rings. The second kappa shape index (κ2) is 14.6. The first kappa shape index (κ1) is 32.6. The van der Waals surface area contributed by atoms with Crippen molar-refractivity contribution in [2.75, 3.05) is 11.5 Å². The lowest BCUT2D eigenvalue weighted by Crippen LogP contribution is -2.29. The number of halogens is 2. The van der Waals surface area contributed by atoms with E-state index in [0.29, 0.717) is 56.0 Å². The molecule has 0 saturated carbocycles. The Balaban J connectivity index is 1.39. The van der Waals surface area contributed by atoms with E-state index in [-0.39, 0.29) is 16.5 Å². The Morgan fingerprint density at radius 2 is 1.57 bits per heavy atom. The van der Waals surface area contributed by atoms with Crippen LogP contribution in [0, 0.1) is 0 Å². The van der Waals surface area contributed by atoms with E-state index in [4.69, 9.17) is 32.7 Å². The molecule has 0 aliphatic carbocycles. The highest BCUT2D eigenvalue weighted by Crippen LogP contribution is 2.46. The number of thioether (sulfide) groups is 1. The average Bonchev–Trinajstić information content (AvgIpc) is 3.66. The maximum absolute atomic E-state index is 13.7. The minimum Gasteiger partial charge on any atom is -0.507 e. The first-order valence-electron chi connectivity index (χ1n) is 14.5. The number of ether oxygens (including phenoxy) is 2. The molecule has 1 aromatic heterocycles. The Labute approximate surface area is 289 Å². The summed E-state index contributed by atoms with van der Waals surface area (Å²) >= 11 is 14.7. The van der Waals surface area contributed by atoms with Gasteiger partial charge in [-0.2, -0.15) is 0 Å². The number of amides is 1. The number of carbonyl (C=O) groups is 2. The van der Waals surface area contributed by atoms with Crippen LogP contribution in [0.3, 0.4) is 0 Å². The Morgan fingerprint density at radius 3 is 2.28 bits per heavy atom. The monoisotopic (exact) mass is 703 g/mol. The van der Waals surface area contributed by atoms with Crippen molar-refractivity contribution in [1.82, 2.24) is 10.2 Å². The average molecular weight is 705 g/mol. The van der Waals surface area contributed by atoms with E-state index < -0.39 is 17.7 Å². The van der Waals surface area contributed by atoms with E-state index >= 15 is 0 Å². The molecule has 1 N–H and O–H groups in total. The fraction of sp³-hybridized carbons (Fsp3) is 0.143. The number of aromatic nitrogens is 2. The van der Waals surface area contributed by atoms with Gasteiger partial charge in [0.15, 0.2) is 15.8 Å². The number of Topliss-reactive ketones (excluding diaryl/α,β-unsaturated/α-hetero) is 1. The first-order chi connectivity index (χ1) is 22.8. The third-order valence-electron chi connectivity index (χ3n) is 7.26. The number of anilines is 1. The van der Waals surface area contributed by atoms with Crippen LogP contribution in [0.1, 0.15) is 35.2 Å². The summed E-state index contributed by atoms with van der Waals surface area (Å²) in [4.78, 5) is 28.7. The fourth-order valence-electron chi connectivity index (χ4n) is 5.01. The highest BCUT2D eigenvalue weighted by Gasteiger charge is 2.48. The minimum atomic E-state index is -1.03. The number of hydrogen-bond donors (Lipinski definition) is 1. The predicted octanol–water partition coefficient (Wildman–Crippen LogP) is 8.74. The highest BCUT2D eigenvalue weighted by atomic mass is 35.5. The SMILES string of the molecule is CCOc1cc(C2/C(=C(\O)c3ccc(Cl)cc3)C(=O)C(=O)N2c2nnc(SCc3ccc(Cl)cc3)s2)ccc1OCc1ccccc1. The van der Waals surface area contributed by atoms with Gasteiger partial charge in [0, 0.05) is 21.4 Å². The van der Waals surface area contributed by atoms with Gasteiger partial charge in [-0.3, -0.25) is 14.5 Å². The Hall–Kier alpha value is -4.35. The van der Waals surface area contributed by atoms with Crippen molar-refractivity contribution in [2.45, 2.75) is 29.7 Å². The summed E-state index contributed by atoms with van der Waals surface area (Å²) < 4.78 is 12.7. The topological polar surface area (TPSA) is 102 Å². The second-order valence-electron chi connectivity index (χ2n) is 10.4. The standard InChI is InChI=1S/C35H27Cl2N3O5S2/c1-2-44-28-18-24(12-17-27(28)45-19-21-6-4-3-5-7-21)30-29(31(41)23-10-15-26(37)16-11-23)32(42)33(43)40(30)34-38-39-35(47-34)46-20-22-8-13-25(36)14-9-22/h3-18,30,41H,2,19-20H2,1H3/b31-29+. The van der Waals surface area contributed by atoms with Gasteiger partial charge in [-0.1, -0.05) is 94.8 Å². The van der Waals surface area contributed by atoms with Crippen LogP contribution in [0.2, 0.25) is 10.0 Å². The molecule has 8 nitrogen and oxygen atoms in total. The van der Waals surface area contributed by atoms with Crippen molar-refractivity contribution in [3.8, 4) is 11.5 Å². The molecule has 0 spiro atoms. The Kier molecular flexibility index (Phi) is 10.1. The van der Waals surface area contributed by atoms with Gasteiger partial charge >= 0.3 is 5.91 Å². The summed E-state index contributed by atoms with van der Waals surface area (Å²) in [5.41, 5.74) is 2.78. The molecule has 1 saturated heterocycles. The van der Waals surface area contributed by atoms with Crippen molar-refractivity contribution in [3.63, 3.8) is 0 Å². The first-order valence-corrected chi connectivity index (χ1v) is 17.1. The minimum absolute atomic E-state index is 0.0942. The summed E-state index contributed by atoms with van der Waals surface area (Å²) in [6.07, 6.45) is 0. The molecule has 47 heavy (non-hydrogen) atoms. The van der Waals surface area contributed by atoms with Crippen molar-refractivity contribution in [1.29, 1.82) is 0 Å². The normalized spacial score (nSPS) is 15.6. The smallest absolute Gasteiger partial charge is 0.301 e. The summed E-state index contributed by atoms with van der Waals surface area (Å²) in [7, 11) is 0. The van der Waals surface area contributed by atoms with Gasteiger partial charge in [-0.15, -0.1) is 10.2 Å². The van der Waals surface area contributed by atoms with Crippen LogP contribution in [0.15, 0.2) is 107 Å². The number of aliphatic hydroxyl groups excluding tert-OH is 1. The summed E-state index contributed by atoms with van der Waals surface area (Å²) in [6, 6.07) is 27.8. The number of aliphatic hydroxyl groups is 1. The number of hydrogen-bond acceptors (Lipinski definition) is 9. The van der Waals surface area contributed by atoms with Crippen LogP contribution in [0.4, 0.5) is 5.13 Å². The van der Waals surface area contributed by atoms with Gasteiger partial charge in [0.25, 0.3) is 5.78 Å². The van der Waals surface area contributed by atoms with E-state index in [9.17, 15) is 14.7 Å². The van der Waals surface area contributed by atoms with E-state index in [1.807, 2.05) is 61.5 Å². The van der Waals surface area contributed by atoms with Gasteiger partial charge in [0.1, 0.15) is 12.4 Å². The zero-order valence-electron chi connectivity index (χ0n) is 24.9. The van der Waals surface area contributed by atoms with Crippen LogP contribution in [0.25, 0.3) is 5.76 Å². The van der Waals surface area contributed by atoms with Gasteiger partial charge < -0.3 is 14.6 Å². The Morgan fingerprint density at radius 1 is 0.872 bits per heavy atom. The molecule has 1 atom stereocenters. The van der Waals surface area contributed by atoms with E-state index in [1.165, 1.54) is 28.0 Å². The van der Waals surface area contributed by atoms with Gasteiger partial charge in [-0.25, -0.2) is 0 Å². The number of nitrogens with zero attached hydrogens (tertiary/aromatic N) is 3. The van der Waals surface area contributed by atoms with Crippen LogP contribution >= 0.6 is 46.3 Å². The predicted molar refractivity (Wildman–Crippen MR) is 186 cm³/mol. The van der Waals surface area contributed by atoms with Crippen molar-refractivity contribution in [2.24, 2.45) is 0 Å². The molecular weight excluding hydrogens is 677 g/mol. The van der Waals surface area contributed by atoms with Crippen LogP contribution in [-0.2, 0) is 21.9 Å². The highest BCUT2D eigenvalue weighted by molar-refractivity contribution is 8.00. The molecular formula is C35H27Cl2N3O5S2. The van der Waals surface area contributed by atoms with Crippen LogP contribution < -0.4 is 14.4 Å².